The lowest BCUT2D eigenvalue weighted by Gasteiger charge is -2.09. The highest BCUT2D eigenvalue weighted by molar-refractivity contribution is 6.03. The number of hydrogen-bond acceptors (Lipinski definition) is 4. The summed E-state index contributed by atoms with van der Waals surface area (Å²) in [6, 6.07) is 8.18. The number of amides is 1. The van der Waals surface area contributed by atoms with E-state index in [-0.39, 0.29) is 17.6 Å². The second kappa shape index (κ2) is 6.06. The number of benzene rings is 1. The van der Waals surface area contributed by atoms with Crippen LogP contribution in [0.25, 0.3) is 0 Å². The number of carbonyl (C=O) groups excluding carboxylic acids is 2. The van der Waals surface area contributed by atoms with Gasteiger partial charge in [-0.2, -0.15) is 0 Å². The number of nitrogens with one attached hydrogen (secondary N) is 1. The van der Waals surface area contributed by atoms with Gasteiger partial charge in [0.1, 0.15) is 0 Å². The molecule has 1 heterocycles. The predicted octanol–water partition coefficient (Wildman–Crippen LogP) is 3.02. The normalized spacial score (nSPS) is 10.1. The van der Waals surface area contributed by atoms with Crippen molar-refractivity contribution in [1.82, 2.24) is 0 Å². The predicted molar refractivity (Wildman–Crippen MR) is 73.8 cm³/mol. The van der Waals surface area contributed by atoms with Crippen LogP contribution in [-0.2, 0) is 4.74 Å². The second-order valence-corrected chi connectivity index (χ2v) is 4.18. The maximum absolute atomic E-state index is 11.9. The van der Waals surface area contributed by atoms with Crippen LogP contribution in [0.5, 0.6) is 0 Å². The molecule has 0 spiro atoms. The number of aryl methyl sites for hydroxylation is 1. The van der Waals surface area contributed by atoms with Crippen LogP contribution in [-0.4, -0.2) is 18.5 Å². The van der Waals surface area contributed by atoms with Gasteiger partial charge in [0.2, 0.25) is 0 Å². The fourth-order valence-electron chi connectivity index (χ4n) is 1.74. The number of hydrogen-bond donors (Lipinski definition) is 1. The van der Waals surface area contributed by atoms with Gasteiger partial charge in [-0.05, 0) is 49.7 Å². The minimum atomic E-state index is -0.375. The van der Waals surface area contributed by atoms with E-state index in [1.165, 1.54) is 6.26 Å². The summed E-state index contributed by atoms with van der Waals surface area (Å²) in [5.41, 5.74) is 1.86. The molecule has 0 radical (unpaired) electrons. The lowest BCUT2D eigenvalue weighted by molar-refractivity contribution is 0.0526. The van der Waals surface area contributed by atoms with Crippen LogP contribution in [0.15, 0.2) is 41.0 Å². The Bertz CT molecular complexity index is 617. The van der Waals surface area contributed by atoms with Gasteiger partial charge in [-0.3, -0.25) is 4.79 Å². The summed E-state index contributed by atoms with van der Waals surface area (Å²) in [7, 11) is 0. The smallest absolute Gasteiger partial charge is 0.338 e. The summed E-state index contributed by atoms with van der Waals surface area (Å²) in [6.45, 7) is 3.89. The number of anilines is 1. The van der Waals surface area contributed by atoms with E-state index < -0.39 is 0 Å². The van der Waals surface area contributed by atoms with E-state index in [9.17, 15) is 9.59 Å². The summed E-state index contributed by atoms with van der Waals surface area (Å²) in [5.74, 6) is -0.472. The molecular weight excluding hydrogens is 258 g/mol. The van der Waals surface area contributed by atoms with Crippen molar-refractivity contribution < 1.29 is 18.7 Å². The summed E-state index contributed by atoms with van der Waals surface area (Å²) in [6.07, 6.45) is 1.44. The standard InChI is InChI=1S/C15H15NO4/c1-3-19-15(18)11-6-7-12(10(2)9-11)16-14(17)13-5-4-8-20-13/h4-9H,3H2,1-2H3,(H,16,17). The van der Waals surface area contributed by atoms with Gasteiger partial charge in [-0.1, -0.05) is 0 Å². The molecule has 2 rings (SSSR count). The SMILES string of the molecule is CCOC(=O)c1ccc(NC(=O)c2ccco2)c(C)c1. The first-order chi connectivity index (χ1) is 9.61. The Kier molecular flexibility index (Phi) is 4.20. The molecule has 0 atom stereocenters. The van der Waals surface area contributed by atoms with E-state index in [1.54, 1.807) is 44.2 Å². The van der Waals surface area contributed by atoms with Crippen LogP contribution < -0.4 is 5.32 Å². The zero-order chi connectivity index (χ0) is 14.5. The molecule has 0 saturated heterocycles. The minimum absolute atomic E-state index is 0.235. The van der Waals surface area contributed by atoms with Gasteiger partial charge in [0.15, 0.2) is 5.76 Å². The third kappa shape index (κ3) is 3.06. The van der Waals surface area contributed by atoms with E-state index in [1.807, 2.05) is 0 Å². The molecule has 0 unspecified atom stereocenters. The monoisotopic (exact) mass is 273 g/mol. The summed E-state index contributed by atoms with van der Waals surface area (Å²) in [5, 5.41) is 2.73. The van der Waals surface area contributed by atoms with E-state index in [0.717, 1.165) is 5.56 Å². The molecule has 0 aliphatic rings. The molecule has 0 aliphatic heterocycles. The fraction of sp³-hybridized carbons (Fsp3) is 0.200. The highest BCUT2D eigenvalue weighted by Gasteiger charge is 2.12. The van der Waals surface area contributed by atoms with E-state index in [2.05, 4.69) is 5.32 Å². The summed E-state index contributed by atoms with van der Waals surface area (Å²) in [4.78, 5) is 23.4. The third-order valence-electron chi connectivity index (χ3n) is 2.73. The molecule has 20 heavy (non-hydrogen) atoms. The van der Waals surface area contributed by atoms with Crippen molar-refractivity contribution in [2.75, 3.05) is 11.9 Å². The van der Waals surface area contributed by atoms with Gasteiger partial charge in [0, 0.05) is 5.69 Å². The first-order valence-electron chi connectivity index (χ1n) is 6.24. The molecule has 0 fully saturated rings. The minimum Gasteiger partial charge on any atom is -0.462 e. The molecule has 104 valence electrons. The molecular formula is C15H15NO4. The average molecular weight is 273 g/mol. The number of esters is 1. The van der Waals surface area contributed by atoms with Gasteiger partial charge in [-0.25, -0.2) is 4.79 Å². The molecule has 0 bridgehead atoms. The van der Waals surface area contributed by atoms with E-state index in [0.29, 0.717) is 17.9 Å². The number of rotatable bonds is 4. The van der Waals surface area contributed by atoms with Gasteiger partial charge in [0.05, 0.1) is 18.4 Å². The van der Waals surface area contributed by atoms with Crippen LogP contribution in [0.3, 0.4) is 0 Å². The van der Waals surface area contributed by atoms with E-state index in [4.69, 9.17) is 9.15 Å². The van der Waals surface area contributed by atoms with Crippen LogP contribution in [0.2, 0.25) is 0 Å². The summed E-state index contributed by atoms with van der Waals surface area (Å²) >= 11 is 0. The fourth-order valence-corrected chi connectivity index (χ4v) is 1.74. The highest BCUT2D eigenvalue weighted by Crippen LogP contribution is 2.18. The molecule has 1 aromatic carbocycles. The molecule has 1 N–H and O–H groups in total. The van der Waals surface area contributed by atoms with Gasteiger partial charge >= 0.3 is 5.97 Å². The Morgan fingerprint density at radius 3 is 2.70 bits per heavy atom. The average Bonchev–Trinajstić information content (AvgIpc) is 2.95. The molecule has 0 aliphatic carbocycles. The first-order valence-corrected chi connectivity index (χ1v) is 6.24. The molecule has 0 saturated carbocycles. The van der Waals surface area contributed by atoms with Crippen molar-refractivity contribution in [3.8, 4) is 0 Å². The molecule has 5 heteroatoms. The number of furan rings is 1. The Balaban J connectivity index is 2.14. The lowest BCUT2D eigenvalue weighted by Crippen LogP contribution is -2.12. The van der Waals surface area contributed by atoms with Gasteiger partial charge in [-0.15, -0.1) is 0 Å². The van der Waals surface area contributed by atoms with Crippen molar-refractivity contribution in [3.05, 3.63) is 53.5 Å². The number of ether oxygens (including phenoxy) is 1. The van der Waals surface area contributed by atoms with Gasteiger partial charge < -0.3 is 14.5 Å². The zero-order valence-corrected chi connectivity index (χ0v) is 11.3. The topological polar surface area (TPSA) is 68.5 Å². The largest absolute Gasteiger partial charge is 0.462 e. The highest BCUT2D eigenvalue weighted by atomic mass is 16.5. The molecule has 1 amide bonds. The van der Waals surface area contributed by atoms with Crippen LogP contribution >= 0.6 is 0 Å². The maximum Gasteiger partial charge on any atom is 0.338 e. The molecule has 5 nitrogen and oxygen atoms in total. The van der Waals surface area contributed by atoms with Crippen LogP contribution in [0.4, 0.5) is 5.69 Å². The maximum atomic E-state index is 11.9. The quantitative estimate of drug-likeness (QED) is 0.869. The van der Waals surface area contributed by atoms with Gasteiger partial charge in [0.25, 0.3) is 5.91 Å². The van der Waals surface area contributed by atoms with Crippen molar-refractivity contribution in [2.45, 2.75) is 13.8 Å². The molecule has 1 aromatic heterocycles. The summed E-state index contributed by atoms with van der Waals surface area (Å²) < 4.78 is 9.94. The Hall–Kier alpha value is -2.56. The van der Waals surface area contributed by atoms with Crippen molar-refractivity contribution in [3.63, 3.8) is 0 Å². The van der Waals surface area contributed by atoms with Crippen LogP contribution in [0, 0.1) is 6.92 Å². The zero-order valence-electron chi connectivity index (χ0n) is 11.3. The van der Waals surface area contributed by atoms with Crippen LogP contribution in [0.1, 0.15) is 33.4 Å². The lowest BCUT2D eigenvalue weighted by atomic mass is 10.1. The Morgan fingerprint density at radius 2 is 2.10 bits per heavy atom. The van der Waals surface area contributed by atoms with Crippen molar-refractivity contribution in [2.24, 2.45) is 0 Å². The first kappa shape index (κ1) is 13.9. The van der Waals surface area contributed by atoms with Crippen molar-refractivity contribution >= 4 is 17.6 Å². The third-order valence-corrected chi connectivity index (χ3v) is 2.73. The van der Waals surface area contributed by atoms with Crippen molar-refractivity contribution in [1.29, 1.82) is 0 Å². The Labute approximate surface area is 116 Å². The number of carbonyl (C=O) groups is 2. The van der Waals surface area contributed by atoms with E-state index >= 15 is 0 Å². The Morgan fingerprint density at radius 1 is 1.30 bits per heavy atom. The second-order valence-electron chi connectivity index (χ2n) is 4.18. The molecule has 2 aromatic rings.